The monoisotopic (exact) mass is 359 g/mol. The van der Waals surface area contributed by atoms with Crippen LogP contribution in [0.1, 0.15) is 18.1 Å². The first kappa shape index (κ1) is 16.3. The molecule has 2 rings (SSSR count). The number of esters is 1. The SMILES string of the molecule is COC(=O)C=C(C)Nc1ccc(Cc2ccc(Br)cc2)cc1. The standard InChI is InChI=1S/C18H18BrNO2/c1-13(11-18(21)22-2)20-17-9-5-15(6-10-17)12-14-3-7-16(19)8-4-14/h3-11,20H,12H2,1-2H3. The fourth-order valence-electron chi connectivity index (χ4n) is 2.04. The Morgan fingerprint density at radius 3 is 2.18 bits per heavy atom. The Kier molecular flexibility index (Phi) is 5.78. The predicted molar refractivity (Wildman–Crippen MR) is 92.8 cm³/mol. The summed E-state index contributed by atoms with van der Waals surface area (Å²) in [7, 11) is 1.36. The summed E-state index contributed by atoms with van der Waals surface area (Å²) in [6.07, 6.45) is 2.32. The van der Waals surface area contributed by atoms with Crippen molar-refractivity contribution in [1.82, 2.24) is 0 Å². The van der Waals surface area contributed by atoms with Gasteiger partial charge in [-0.1, -0.05) is 40.2 Å². The first-order chi connectivity index (χ1) is 10.6. The highest BCUT2D eigenvalue weighted by Gasteiger charge is 2.00. The summed E-state index contributed by atoms with van der Waals surface area (Å²) in [5.41, 5.74) is 4.19. The summed E-state index contributed by atoms with van der Waals surface area (Å²) >= 11 is 3.44. The van der Waals surface area contributed by atoms with Gasteiger partial charge in [0.1, 0.15) is 0 Å². The second-order valence-electron chi connectivity index (χ2n) is 4.98. The molecule has 0 aromatic heterocycles. The normalized spacial score (nSPS) is 11.1. The van der Waals surface area contributed by atoms with E-state index in [1.54, 1.807) is 0 Å². The van der Waals surface area contributed by atoms with Gasteiger partial charge in [0.05, 0.1) is 7.11 Å². The van der Waals surface area contributed by atoms with Gasteiger partial charge in [0.15, 0.2) is 0 Å². The number of ether oxygens (including phenoxy) is 1. The van der Waals surface area contributed by atoms with E-state index in [9.17, 15) is 4.79 Å². The smallest absolute Gasteiger partial charge is 0.332 e. The maximum absolute atomic E-state index is 11.2. The predicted octanol–water partition coefficient (Wildman–Crippen LogP) is 4.53. The first-order valence-corrected chi connectivity index (χ1v) is 7.73. The van der Waals surface area contributed by atoms with Crippen LogP contribution < -0.4 is 5.32 Å². The van der Waals surface area contributed by atoms with E-state index in [4.69, 9.17) is 0 Å². The van der Waals surface area contributed by atoms with Gasteiger partial charge in [-0.3, -0.25) is 0 Å². The van der Waals surface area contributed by atoms with Gasteiger partial charge in [-0.15, -0.1) is 0 Å². The molecule has 2 aromatic carbocycles. The largest absolute Gasteiger partial charge is 0.466 e. The second-order valence-corrected chi connectivity index (χ2v) is 5.89. The Morgan fingerprint density at radius 1 is 1.09 bits per heavy atom. The quantitative estimate of drug-likeness (QED) is 0.629. The molecule has 3 nitrogen and oxygen atoms in total. The van der Waals surface area contributed by atoms with Gasteiger partial charge < -0.3 is 10.1 Å². The number of nitrogens with one attached hydrogen (secondary N) is 1. The molecule has 0 amide bonds. The number of carbonyl (C=O) groups is 1. The van der Waals surface area contributed by atoms with Crippen LogP contribution >= 0.6 is 15.9 Å². The lowest BCUT2D eigenvalue weighted by Gasteiger charge is -2.08. The van der Waals surface area contributed by atoms with E-state index in [1.807, 2.05) is 31.2 Å². The Balaban J connectivity index is 1.99. The van der Waals surface area contributed by atoms with E-state index in [2.05, 4.69) is 50.2 Å². The van der Waals surface area contributed by atoms with E-state index in [0.29, 0.717) is 0 Å². The average molecular weight is 360 g/mol. The number of halogens is 1. The molecular formula is C18H18BrNO2. The molecule has 0 fully saturated rings. The van der Waals surface area contributed by atoms with Gasteiger partial charge in [-0.2, -0.15) is 0 Å². The van der Waals surface area contributed by atoms with Gasteiger partial charge in [0.25, 0.3) is 0 Å². The molecule has 0 saturated carbocycles. The fraction of sp³-hybridized carbons (Fsp3) is 0.167. The van der Waals surface area contributed by atoms with Crippen LogP contribution in [0.3, 0.4) is 0 Å². The Labute approximate surface area is 139 Å². The van der Waals surface area contributed by atoms with Crippen molar-refractivity contribution in [3.8, 4) is 0 Å². The zero-order valence-corrected chi connectivity index (χ0v) is 14.2. The number of anilines is 1. The van der Waals surface area contributed by atoms with Gasteiger partial charge in [0, 0.05) is 21.9 Å². The summed E-state index contributed by atoms with van der Waals surface area (Å²) in [6.45, 7) is 1.83. The molecule has 114 valence electrons. The minimum absolute atomic E-state index is 0.364. The van der Waals surface area contributed by atoms with Crippen molar-refractivity contribution < 1.29 is 9.53 Å². The molecule has 2 aromatic rings. The highest BCUT2D eigenvalue weighted by Crippen LogP contribution is 2.17. The zero-order valence-electron chi connectivity index (χ0n) is 12.6. The summed E-state index contributed by atoms with van der Waals surface area (Å²) in [5.74, 6) is -0.364. The number of carbonyl (C=O) groups excluding carboxylic acids is 1. The Hall–Kier alpha value is -2.07. The molecule has 4 heteroatoms. The third-order valence-electron chi connectivity index (χ3n) is 3.15. The molecule has 0 aliphatic heterocycles. The van der Waals surface area contributed by atoms with Crippen molar-refractivity contribution in [2.45, 2.75) is 13.3 Å². The molecule has 0 bridgehead atoms. The lowest BCUT2D eigenvalue weighted by molar-refractivity contribution is -0.134. The highest BCUT2D eigenvalue weighted by atomic mass is 79.9. The van der Waals surface area contributed by atoms with Crippen LogP contribution in [0, 0.1) is 0 Å². The maximum Gasteiger partial charge on any atom is 0.332 e. The van der Waals surface area contributed by atoms with Crippen molar-refractivity contribution in [2.24, 2.45) is 0 Å². The molecular weight excluding hydrogens is 342 g/mol. The van der Waals surface area contributed by atoms with Crippen molar-refractivity contribution in [1.29, 1.82) is 0 Å². The average Bonchev–Trinajstić information content (AvgIpc) is 2.51. The highest BCUT2D eigenvalue weighted by molar-refractivity contribution is 9.10. The molecule has 0 radical (unpaired) electrons. The number of hydrogen-bond acceptors (Lipinski definition) is 3. The molecule has 0 aliphatic carbocycles. The lowest BCUT2D eigenvalue weighted by atomic mass is 10.0. The van der Waals surface area contributed by atoms with Crippen molar-refractivity contribution >= 4 is 27.6 Å². The first-order valence-electron chi connectivity index (χ1n) is 6.93. The van der Waals surface area contributed by atoms with Gasteiger partial charge in [0.2, 0.25) is 0 Å². The van der Waals surface area contributed by atoms with Crippen molar-refractivity contribution in [3.05, 3.63) is 75.9 Å². The van der Waals surface area contributed by atoms with E-state index < -0.39 is 0 Å². The van der Waals surface area contributed by atoms with Crippen LogP contribution in [0.2, 0.25) is 0 Å². The van der Waals surface area contributed by atoms with Gasteiger partial charge in [-0.05, 0) is 48.7 Å². The lowest BCUT2D eigenvalue weighted by Crippen LogP contribution is -2.02. The van der Waals surface area contributed by atoms with E-state index in [1.165, 1.54) is 24.3 Å². The van der Waals surface area contributed by atoms with Crippen molar-refractivity contribution in [2.75, 3.05) is 12.4 Å². The van der Waals surface area contributed by atoms with Crippen LogP contribution in [0.15, 0.2) is 64.8 Å². The van der Waals surface area contributed by atoms with Gasteiger partial charge >= 0.3 is 5.97 Å². The van der Waals surface area contributed by atoms with Gasteiger partial charge in [-0.25, -0.2) is 4.79 Å². The molecule has 0 unspecified atom stereocenters. The number of rotatable bonds is 5. The van der Waals surface area contributed by atoms with Crippen molar-refractivity contribution in [3.63, 3.8) is 0 Å². The van der Waals surface area contributed by atoms with Crippen LogP contribution in [0.5, 0.6) is 0 Å². The number of benzene rings is 2. The fourth-order valence-corrected chi connectivity index (χ4v) is 2.31. The molecule has 1 N–H and O–H groups in total. The van der Waals surface area contributed by atoms with E-state index in [0.717, 1.165) is 22.3 Å². The maximum atomic E-state index is 11.2. The summed E-state index contributed by atoms with van der Waals surface area (Å²) in [5, 5.41) is 3.16. The Morgan fingerprint density at radius 2 is 1.64 bits per heavy atom. The topological polar surface area (TPSA) is 38.3 Å². The molecule has 0 aliphatic rings. The minimum Gasteiger partial charge on any atom is -0.466 e. The van der Waals surface area contributed by atoms with Crippen LogP contribution in [0.4, 0.5) is 5.69 Å². The minimum atomic E-state index is -0.364. The molecule has 0 heterocycles. The molecule has 0 saturated heterocycles. The second kappa shape index (κ2) is 7.80. The molecule has 0 atom stereocenters. The van der Waals surface area contributed by atoms with Crippen LogP contribution in [-0.4, -0.2) is 13.1 Å². The Bertz CT molecular complexity index is 660. The summed E-state index contributed by atoms with van der Waals surface area (Å²) in [6, 6.07) is 16.5. The molecule has 0 spiro atoms. The van der Waals surface area contributed by atoms with Crippen LogP contribution in [-0.2, 0) is 16.0 Å². The van der Waals surface area contributed by atoms with Crippen LogP contribution in [0.25, 0.3) is 0 Å². The summed E-state index contributed by atoms with van der Waals surface area (Å²) in [4.78, 5) is 11.2. The zero-order chi connectivity index (χ0) is 15.9. The third kappa shape index (κ3) is 5.04. The third-order valence-corrected chi connectivity index (χ3v) is 3.68. The van der Waals surface area contributed by atoms with E-state index in [-0.39, 0.29) is 5.97 Å². The van der Waals surface area contributed by atoms with E-state index >= 15 is 0 Å². The number of allylic oxidation sites excluding steroid dienone is 1. The summed E-state index contributed by atoms with van der Waals surface area (Å²) < 4.78 is 5.68. The number of hydrogen-bond donors (Lipinski definition) is 1. The number of methoxy groups -OCH3 is 1. The molecule has 22 heavy (non-hydrogen) atoms.